The van der Waals surface area contributed by atoms with Crippen LogP contribution in [0.4, 0.5) is 0 Å². The van der Waals surface area contributed by atoms with Gasteiger partial charge in [0.25, 0.3) is 0 Å². The Balaban J connectivity index is 2.38. The summed E-state index contributed by atoms with van der Waals surface area (Å²) in [6.45, 7) is 5.12. The normalized spacial score (nSPS) is 12.4. The monoisotopic (exact) mass is 294 g/mol. The molecule has 0 aliphatic carbocycles. The number of rotatable bonds is 10. The molecule has 0 heterocycles. The van der Waals surface area contributed by atoms with Gasteiger partial charge in [-0.1, -0.05) is 26.0 Å². The van der Waals surface area contributed by atoms with Crippen molar-refractivity contribution in [2.45, 2.75) is 38.8 Å². The second-order valence-corrected chi connectivity index (χ2v) is 5.30. The number of hydrogen-bond acceptors (Lipinski definition) is 4. The zero-order chi connectivity index (χ0) is 15.7. The molecule has 1 unspecified atom stereocenters. The van der Waals surface area contributed by atoms with E-state index in [0.29, 0.717) is 19.6 Å². The van der Waals surface area contributed by atoms with Gasteiger partial charge in [-0.25, -0.2) is 0 Å². The van der Waals surface area contributed by atoms with Crippen LogP contribution < -0.4 is 15.8 Å². The summed E-state index contributed by atoms with van der Waals surface area (Å²) in [7, 11) is 1.69. The van der Waals surface area contributed by atoms with E-state index >= 15 is 0 Å². The summed E-state index contributed by atoms with van der Waals surface area (Å²) in [6, 6.07) is 7.76. The number of nitrogens with two attached hydrogens (primary N) is 1. The molecule has 0 bridgehead atoms. The van der Waals surface area contributed by atoms with Crippen molar-refractivity contribution in [3.63, 3.8) is 0 Å². The van der Waals surface area contributed by atoms with Gasteiger partial charge in [0.1, 0.15) is 5.75 Å². The fraction of sp³-hybridized carbons (Fsp3) is 0.562. The highest BCUT2D eigenvalue weighted by atomic mass is 16.5. The van der Waals surface area contributed by atoms with E-state index in [1.807, 2.05) is 38.1 Å². The second-order valence-electron chi connectivity index (χ2n) is 5.30. The minimum absolute atomic E-state index is 0.211. The lowest BCUT2D eigenvalue weighted by Gasteiger charge is -2.18. The summed E-state index contributed by atoms with van der Waals surface area (Å²) in [6.07, 6.45) is 1.44. The van der Waals surface area contributed by atoms with Crippen molar-refractivity contribution >= 4 is 5.91 Å². The lowest BCUT2D eigenvalue weighted by molar-refractivity contribution is -0.120. The molecule has 0 aliphatic heterocycles. The van der Waals surface area contributed by atoms with Crippen molar-refractivity contribution in [1.29, 1.82) is 0 Å². The third kappa shape index (κ3) is 7.11. The Morgan fingerprint density at radius 2 is 1.90 bits per heavy atom. The van der Waals surface area contributed by atoms with E-state index in [-0.39, 0.29) is 18.0 Å². The van der Waals surface area contributed by atoms with E-state index in [1.54, 1.807) is 7.11 Å². The first-order valence-electron chi connectivity index (χ1n) is 7.29. The first-order valence-corrected chi connectivity index (χ1v) is 7.29. The predicted octanol–water partition coefficient (Wildman–Crippen LogP) is 1.50. The first kappa shape index (κ1) is 17.5. The van der Waals surface area contributed by atoms with Gasteiger partial charge < -0.3 is 20.5 Å². The van der Waals surface area contributed by atoms with E-state index in [2.05, 4.69) is 5.32 Å². The molecule has 1 rings (SSSR count). The van der Waals surface area contributed by atoms with Crippen LogP contribution in [0, 0.1) is 0 Å². The fourth-order valence-electron chi connectivity index (χ4n) is 1.98. The molecule has 0 saturated heterocycles. The minimum atomic E-state index is -0.356. The van der Waals surface area contributed by atoms with Crippen LogP contribution in [0.15, 0.2) is 24.3 Å². The van der Waals surface area contributed by atoms with Crippen LogP contribution in [-0.2, 0) is 16.0 Å². The van der Waals surface area contributed by atoms with Crippen LogP contribution >= 0.6 is 0 Å². The van der Waals surface area contributed by atoms with Gasteiger partial charge in [0.2, 0.25) is 5.91 Å². The van der Waals surface area contributed by atoms with Crippen LogP contribution in [0.5, 0.6) is 5.75 Å². The first-order chi connectivity index (χ1) is 10.0. The van der Waals surface area contributed by atoms with E-state index in [1.165, 1.54) is 5.56 Å². The molecular formula is C16H26N2O3. The molecule has 1 aromatic rings. The van der Waals surface area contributed by atoms with Gasteiger partial charge in [-0.2, -0.15) is 0 Å². The van der Waals surface area contributed by atoms with Gasteiger partial charge in [0, 0.05) is 19.6 Å². The zero-order valence-corrected chi connectivity index (χ0v) is 13.1. The average Bonchev–Trinajstić information content (AvgIpc) is 2.44. The molecule has 3 N–H and O–H groups in total. The van der Waals surface area contributed by atoms with Crippen LogP contribution in [-0.4, -0.2) is 38.3 Å². The molecule has 1 aromatic carbocycles. The zero-order valence-electron chi connectivity index (χ0n) is 13.1. The van der Waals surface area contributed by atoms with Gasteiger partial charge >= 0.3 is 0 Å². The molecule has 1 amide bonds. The van der Waals surface area contributed by atoms with Gasteiger partial charge in [-0.15, -0.1) is 0 Å². The van der Waals surface area contributed by atoms with Gasteiger partial charge in [-0.05, 0) is 24.1 Å². The van der Waals surface area contributed by atoms with Crippen molar-refractivity contribution in [3.05, 3.63) is 29.8 Å². The highest BCUT2D eigenvalue weighted by molar-refractivity contribution is 5.79. The molecular weight excluding hydrogens is 268 g/mol. The third-order valence-electron chi connectivity index (χ3n) is 3.07. The van der Waals surface area contributed by atoms with E-state index in [9.17, 15) is 4.79 Å². The maximum absolute atomic E-state index is 11.3. The summed E-state index contributed by atoms with van der Waals surface area (Å²) >= 11 is 0. The number of benzene rings is 1. The van der Waals surface area contributed by atoms with Crippen molar-refractivity contribution in [1.82, 2.24) is 5.32 Å². The van der Waals surface area contributed by atoms with Gasteiger partial charge in [0.05, 0.1) is 19.3 Å². The number of carbonyl (C=O) groups is 1. The largest absolute Gasteiger partial charge is 0.494 e. The summed E-state index contributed by atoms with van der Waals surface area (Å²) in [5, 5.41) is 3.13. The molecule has 0 fully saturated rings. The number of ether oxygens (including phenoxy) is 2. The highest BCUT2D eigenvalue weighted by Gasteiger charge is 2.15. The summed E-state index contributed by atoms with van der Waals surface area (Å²) in [4.78, 5) is 11.3. The lowest BCUT2D eigenvalue weighted by Crippen LogP contribution is -2.45. The molecule has 118 valence electrons. The maximum atomic E-state index is 11.3. The lowest BCUT2D eigenvalue weighted by atomic mass is 10.1. The molecule has 0 aliphatic rings. The number of carbonyl (C=O) groups excluding carboxylic acids is 1. The highest BCUT2D eigenvalue weighted by Crippen LogP contribution is 2.13. The Hall–Kier alpha value is -1.59. The summed E-state index contributed by atoms with van der Waals surface area (Å²) < 4.78 is 10.7. The van der Waals surface area contributed by atoms with Crippen molar-refractivity contribution in [2.24, 2.45) is 5.73 Å². The van der Waals surface area contributed by atoms with Crippen molar-refractivity contribution < 1.29 is 14.3 Å². The molecule has 21 heavy (non-hydrogen) atoms. The molecule has 0 spiro atoms. The number of hydrogen-bond donors (Lipinski definition) is 2. The average molecular weight is 294 g/mol. The Morgan fingerprint density at radius 3 is 2.43 bits per heavy atom. The Labute approximate surface area is 126 Å². The maximum Gasteiger partial charge on any atom is 0.234 e. The SMILES string of the molecule is COCCc1ccc(OCCC(NC(C)C)C(N)=O)cc1. The van der Waals surface area contributed by atoms with E-state index < -0.39 is 0 Å². The van der Waals surface area contributed by atoms with Crippen LogP contribution in [0.1, 0.15) is 25.8 Å². The van der Waals surface area contributed by atoms with Crippen LogP contribution in [0.25, 0.3) is 0 Å². The molecule has 5 nitrogen and oxygen atoms in total. The Morgan fingerprint density at radius 1 is 1.24 bits per heavy atom. The van der Waals surface area contributed by atoms with Gasteiger partial charge in [-0.3, -0.25) is 4.79 Å². The van der Waals surface area contributed by atoms with E-state index in [4.69, 9.17) is 15.2 Å². The Bertz CT molecular complexity index is 418. The van der Waals surface area contributed by atoms with Gasteiger partial charge in [0.15, 0.2) is 0 Å². The third-order valence-corrected chi connectivity index (χ3v) is 3.07. The smallest absolute Gasteiger partial charge is 0.234 e. The number of primary amides is 1. The van der Waals surface area contributed by atoms with Crippen molar-refractivity contribution in [2.75, 3.05) is 20.3 Å². The van der Waals surface area contributed by atoms with Crippen molar-refractivity contribution in [3.8, 4) is 5.75 Å². The number of nitrogens with one attached hydrogen (secondary N) is 1. The molecule has 1 atom stereocenters. The second kappa shape index (κ2) is 9.37. The molecule has 0 aromatic heterocycles. The molecule has 5 heteroatoms. The summed E-state index contributed by atoms with van der Waals surface area (Å²) in [5.41, 5.74) is 6.57. The Kier molecular flexibility index (Phi) is 7.79. The predicted molar refractivity (Wildman–Crippen MR) is 83.4 cm³/mol. The topological polar surface area (TPSA) is 73.6 Å². The number of amides is 1. The quantitative estimate of drug-likeness (QED) is 0.686. The summed E-state index contributed by atoms with van der Waals surface area (Å²) in [5.74, 6) is 0.450. The molecule has 0 radical (unpaired) electrons. The van der Waals surface area contributed by atoms with E-state index in [0.717, 1.165) is 12.2 Å². The van der Waals surface area contributed by atoms with Crippen LogP contribution in [0.2, 0.25) is 0 Å². The number of methoxy groups -OCH3 is 1. The minimum Gasteiger partial charge on any atom is -0.494 e. The van der Waals surface area contributed by atoms with Crippen LogP contribution in [0.3, 0.4) is 0 Å². The molecule has 0 saturated carbocycles. The standard InChI is InChI=1S/C16H26N2O3/c1-12(2)18-15(16(17)19)9-11-21-14-6-4-13(5-7-14)8-10-20-3/h4-7,12,15,18H,8-11H2,1-3H3,(H2,17,19). The fourth-order valence-corrected chi connectivity index (χ4v) is 1.98.